The van der Waals surface area contributed by atoms with Crippen molar-refractivity contribution in [2.45, 2.75) is 0 Å². The summed E-state index contributed by atoms with van der Waals surface area (Å²) in [5.74, 6) is 0.423. The Balaban J connectivity index is 2.29. The summed E-state index contributed by atoms with van der Waals surface area (Å²) in [4.78, 5) is 5.09. The Kier molecular flexibility index (Phi) is 1.86. The van der Waals surface area contributed by atoms with Crippen LogP contribution in [-0.2, 0) is 0 Å². The zero-order valence-electron chi connectivity index (χ0n) is 8.45. The minimum atomic E-state index is 0.423. The quantitative estimate of drug-likeness (QED) is 0.453. The molecule has 0 aliphatic carbocycles. The molecule has 2 aromatic heterocycles. The number of benzene rings is 1. The number of fused-ring (bicyclic) bond motifs is 1. The van der Waals surface area contributed by atoms with Gasteiger partial charge in [-0.3, -0.25) is 0 Å². The second-order valence-corrected chi connectivity index (χ2v) is 3.48. The minimum absolute atomic E-state index is 0.423. The van der Waals surface area contributed by atoms with E-state index in [0.29, 0.717) is 11.5 Å². The van der Waals surface area contributed by atoms with E-state index in [9.17, 15) is 5.21 Å². The average molecular weight is 211 g/mol. The minimum Gasteiger partial charge on any atom is -0.692 e. The first-order valence-electron chi connectivity index (χ1n) is 4.98. The monoisotopic (exact) mass is 211 g/mol. The number of aromatic nitrogens is 3. The average Bonchev–Trinajstić information content (AvgIpc) is 2.69. The fourth-order valence-corrected chi connectivity index (χ4v) is 1.68. The van der Waals surface area contributed by atoms with E-state index in [-0.39, 0.29) is 0 Å². The maximum absolute atomic E-state index is 11.9. The molecule has 0 aliphatic rings. The van der Waals surface area contributed by atoms with Gasteiger partial charge in [0.1, 0.15) is 0 Å². The number of rotatable bonds is 1. The molecule has 0 bridgehead atoms. The van der Waals surface area contributed by atoms with Gasteiger partial charge in [0.05, 0.1) is 11.8 Å². The maximum Gasteiger partial charge on any atom is 0.355 e. The molecule has 0 aliphatic heterocycles. The first-order chi connectivity index (χ1) is 7.86. The van der Waals surface area contributed by atoms with Gasteiger partial charge in [-0.1, -0.05) is 24.3 Å². The molecule has 0 saturated heterocycles. The predicted octanol–water partition coefficient (Wildman–Crippen LogP) is 1.63. The molecular formula is C12H9N3O. The highest BCUT2D eigenvalue weighted by atomic mass is 16.5. The van der Waals surface area contributed by atoms with E-state index in [4.69, 9.17) is 0 Å². The first-order valence-corrected chi connectivity index (χ1v) is 4.98. The second-order valence-electron chi connectivity index (χ2n) is 3.48. The van der Waals surface area contributed by atoms with Gasteiger partial charge in [-0.25, -0.2) is 0 Å². The lowest BCUT2D eigenvalue weighted by Crippen LogP contribution is -2.34. The van der Waals surface area contributed by atoms with E-state index in [2.05, 4.69) is 4.98 Å². The largest absolute Gasteiger partial charge is 0.692 e. The Morgan fingerprint density at radius 1 is 1.00 bits per heavy atom. The maximum atomic E-state index is 11.9. The molecule has 0 amide bonds. The van der Waals surface area contributed by atoms with Crippen molar-refractivity contribution in [1.82, 2.24) is 9.50 Å². The molecule has 0 spiro atoms. The van der Waals surface area contributed by atoms with Crippen molar-refractivity contribution in [3.63, 3.8) is 0 Å². The lowest BCUT2D eigenvalue weighted by atomic mass is 10.2. The van der Waals surface area contributed by atoms with Crippen LogP contribution in [0.4, 0.5) is 0 Å². The van der Waals surface area contributed by atoms with E-state index < -0.39 is 0 Å². The molecule has 1 aromatic carbocycles. The number of nitrogens with zero attached hydrogens (tertiary/aromatic N) is 3. The first kappa shape index (κ1) is 8.91. The fraction of sp³-hybridized carbons (Fsp3) is 0. The normalized spacial score (nSPS) is 10.8. The Morgan fingerprint density at radius 2 is 1.75 bits per heavy atom. The third-order valence-corrected chi connectivity index (χ3v) is 2.45. The van der Waals surface area contributed by atoms with Crippen molar-refractivity contribution in [1.29, 1.82) is 0 Å². The lowest BCUT2D eigenvalue weighted by molar-refractivity contribution is -0.667. The van der Waals surface area contributed by atoms with Gasteiger partial charge in [0.15, 0.2) is 0 Å². The summed E-state index contributed by atoms with van der Waals surface area (Å²) < 4.78 is 1.47. The van der Waals surface area contributed by atoms with Gasteiger partial charge in [-0.15, -0.1) is 9.36 Å². The molecule has 16 heavy (non-hydrogen) atoms. The van der Waals surface area contributed by atoms with Crippen molar-refractivity contribution in [3.05, 3.63) is 59.9 Å². The molecule has 0 N–H and O–H groups in total. The molecule has 78 valence electrons. The highest BCUT2D eigenvalue weighted by Crippen LogP contribution is 2.13. The van der Waals surface area contributed by atoms with E-state index in [1.165, 1.54) is 4.52 Å². The second kappa shape index (κ2) is 3.34. The smallest absolute Gasteiger partial charge is 0.355 e. The van der Waals surface area contributed by atoms with Crippen LogP contribution in [0, 0.1) is 5.21 Å². The van der Waals surface area contributed by atoms with Gasteiger partial charge in [-0.2, -0.15) is 0 Å². The third kappa shape index (κ3) is 1.24. The molecule has 0 fully saturated rings. The molecule has 4 heteroatoms. The van der Waals surface area contributed by atoms with Crippen LogP contribution in [-0.4, -0.2) is 9.50 Å². The van der Waals surface area contributed by atoms with Crippen LogP contribution < -0.4 is 4.85 Å². The lowest BCUT2D eigenvalue weighted by Gasteiger charge is -2.00. The highest BCUT2D eigenvalue weighted by Gasteiger charge is 2.16. The van der Waals surface area contributed by atoms with E-state index in [1.54, 1.807) is 18.3 Å². The van der Waals surface area contributed by atoms with Crippen LogP contribution in [0.25, 0.3) is 17.0 Å². The van der Waals surface area contributed by atoms with Crippen LogP contribution in [0.5, 0.6) is 0 Å². The fourth-order valence-electron chi connectivity index (χ4n) is 1.68. The van der Waals surface area contributed by atoms with Gasteiger partial charge in [0.2, 0.25) is 0 Å². The Labute approximate surface area is 92.0 Å². The summed E-state index contributed by atoms with van der Waals surface area (Å²) in [7, 11) is 0. The van der Waals surface area contributed by atoms with Crippen molar-refractivity contribution in [2.75, 3.05) is 0 Å². The van der Waals surface area contributed by atoms with Crippen LogP contribution in [0.15, 0.2) is 54.7 Å². The highest BCUT2D eigenvalue weighted by molar-refractivity contribution is 5.54. The van der Waals surface area contributed by atoms with Gasteiger partial charge >= 0.3 is 5.82 Å². The molecule has 0 unspecified atom stereocenters. The molecular weight excluding hydrogens is 202 g/mol. The topological polar surface area (TPSA) is 44.2 Å². The zero-order chi connectivity index (χ0) is 11.0. The summed E-state index contributed by atoms with van der Waals surface area (Å²) in [6.45, 7) is 0. The Bertz CT molecular complexity index is 631. The van der Waals surface area contributed by atoms with Crippen LogP contribution >= 0.6 is 0 Å². The molecule has 4 nitrogen and oxygen atoms in total. The molecule has 0 saturated carbocycles. The van der Waals surface area contributed by atoms with E-state index in [0.717, 1.165) is 10.4 Å². The third-order valence-electron chi connectivity index (χ3n) is 2.45. The molecule has 2 heterocycles. The van der Waals surface area contributed by atoms with Crippen molar-refractivity contribution < 1.29 is 4.85 Å². The van der Waals surface area contributed by atoms with Crippen molar-refractivity contribution in [2.24, 2.45) is 0 Å². The van der Waals surface area contributed by atoms with Gasteiger partial charge in [0.25, 0.3) is 5.65 Å². The molecule has 3 rings (SSSR count). The van der Waals surface area contributed by atoms with E-state index >= 15 is 0 Å². The summed E-state index contributed by atoms with van der Waals surface area (Å²) >= 11 is 0. The molecule has 3 aromatic rings. The Morgan fingerprint density at radius 3 is 2.50 bits per heavy atom. The zero-order valence-corrected chi connectivity index (χ0v) is 8.45. The van der Waals surface area contributed by atoms with Crippen LogP contribution in [0.2, 0.25) is 0 Å². The molecule has 0 atom stereocenters. The SMILES string of the molecule is [O-][n+]1c(-c2ccccc2)nc2ccccn21. The van der Waals surface area contributed by atoms with Crippen LogP contribution in [0.1, 0.15) is 0 Å². The Hall–Kier alpha value is -2.36. The predicted molar refractivity (Wildman–Crippen MR) is 59.6 cm³/mol. The standard InChI is InChI=1S/C12H9N3O/c16-15-12(10-6-2-1-3-7-10)13-11-8-4-5-9-14(11)15/h1-9H. The summed E-state index contributed by atoms with van der Waals surface area (Å²) in [6, 6.07) is 14.9. The van der Waals surface area contributed by atoms with Gasteiger partial charge < -0.3 is 5.21 Å². The van der Waals surface area contributed by atoms with Gasteiger partial charge in [-0.05, 0) is 23.2 Å². The summed E-state index contributed by atoms with van der Waals surface area (Å²) in [6.07, 6.45) is 1.70. The van der Waals surface area contributed by atoms with Crippen molar-refractivity contribution >= 4 is 5.65 Å². The number of hydrogen-bond acceptors (Lipinski definition) is 2. The number of pyridine rings is 1. The summed E-state index contributed by atoms with van der Waals surface area (Å²) in [5.41, 5.74) is 1.47. The van der Waals surface area contributed by atoms with Crippen LogP contribution in [0.3, 0.4) is 0 Å². The van der Waals surface area contributed by atoms with Gasteiger partial charge in [0, 0.05) is 6.07 Å². The number of hydrogen-bond donors (Lipinski definition) is 0. The molecule has 0 radical (unpaired) electrons. The van der Waals surface area contributed by atoms with E-state index in [1.807, 2.05) is 36.4 Å². The van der Waals surface area contributed by atoms with Crippen molar-refractivity contribution in [3.8, 4) is 11.4 Å². The summed E-state index contributed by atoms with van der Waals surface area (Å²) in [5, 5.41) is 11.9.